The van der Waals surface area contributed by atoms with Gasteiger partial charge in [-0.05, 0) is 43.7 Å². The highest BCUT2D eigenvalue weighted by Crippen LogP contribution is 2.34. The first-order chi connectivity index (χ1) is 10.3. The van der Waals surface area contributed by atoms with E-state index in [0.717, 1.165) is 23.7 Å². The van der Waals surface area contributed by atoms with Gasteiger partial charge in [0.15, 0.2) is 0 Å². The van der Waals surface area contributed by atoms with Crippen molar-refractivity contribution in [3.63, 3.8) is 0 Å². The maximum absolute atomic E-state index is 9.36. The van der Waals surface area contributed by atoms with Crippen molar-refractivity contribution < 1.29 is 4.74 Å². The van der Waals surface area contributed by atoms with E-state index in [2.05, 4.69) is 18.0 Å². The summed E-state index contributed by atoms with van der Waals surface area (Å²) in [6, 6.07) is 10.1. The number of pyridine rings is 1. The Labute approximate surface area is 125 Å². The van der Waals surface area contributed by atoms with E-state index in [4.69, 9.17) is 4.74 Å². The number of fused-ring (bicyclic) bond motifs is 1. The quantitative estimate of drug-likeness (QED) is 0.834. The molecule has 1 aromatic carbocycles. The lowest BCUT2D eigenvalue weighted by Gasteiger charge is -2.31. The van der Waals surface area contributed by atoms with Crippen molar-refractivity contribution in [2.24, 2.45) is 5.92 Å². The number of para-hydroxylation sites is 1. The van der Waals surface area contributed by atoms with Gasteiger partial charge in [0.2, 0.25) is 0 Å². The Kier molecular flexibility index (Phi) is 4.06. The van der Waals surface area contributed by atoms with Crippen molar-refractivity contribution in [1.29, 1.82) is 5.26 Å². The number of nitrogens with zero attached hydrogens (tertiary/aromatic N) is 2. The molecular formula is C18H20N2O. The van der Waals surface area contributed by atoms with E-state index in [0.29, 0.717) is 17.2 Å². The number of rotatable bonds is 3. The number of hydrogen-bond acceptors (Lipinski definition) is 3. The second kappa shape index (κ2) is 6.13. The van der Waals surface area contributed by atoms with Crippen LogP contribution in [0.5, 0.6) is 5.75 Å². The van der Waals surface area contributed by atoms with Gasteiger partial charge >= 0.3 is 0 Å². The minimum absolute atomic E-state index is 0.224. The summed E-state index contributed by atoms with van der Waals surface area (Å²) in [6.45, 7) is 2.22. The van der Waals surface area contributed by atoms with Crippen molar-refractivity contribution in [1.82, 2.24) is 4.98 Å². The SMILES string of the molecule is CCC1CCCCC1Oc1c(C#N)cnc2ccccc12. The Balaban J connectivity index is 2.00. The fourth-order valence-corrected chi connectivity index (χ4v) is 3.27. The number of benzene rings is 1. The average Bonchev–Trinajstić information content (AvgIpc) is 2.55. The lowest BCUT2D eigenvalue weighted by Crippen LogP contribution is -2.30. The molecule has 1 saturated carbocycles. The largest absolute Gasteiger partial charge is 0.488 e. The summed E-state index contributed by atoms with van der Waals surface area (Å²) in [5, 5.41) is 10.3. The zero-order valence-corrected chi connectivity index (χ0v) is 12.4. The minimum Gasteiger partial charge on any atom is -0.488 e. The molecule has 21 heavy (non-hydrogen) atoms. The monoisotopic (exact) mass is 280 g/mol. The molecule has 0 aliphatic heterocycles. The smallest absolute Gasteiger partial charge is 0.148 e. The highest BCUT2D eigenvalue weighted by atomic mass is 16.5. The van der Waals surface area contributed by atoms with Crippen LogP contribution in [0.25, 0.3) is 10.9 Å². The summed E-state index contributed by atoms with van der Waals surface area (Å²) in [5.74, 6) is 1.31. The van der Waals surface area contributed by atoms with Crippen LogP contribution in [0.4, 0.5) is 0 Å². The lowest BCUT2D eigenvalue weighted by molar-refractivity contribution is 0.0915. The Morgan fingerprint density at radius 3 is 2.90 bits per heavy atom. The molecule has 0 spiro atoms. The second-order valence-corrected chi connectivity index (χ2v) is 5.74. The van der Waals surface area contributed by atoms with Crippen molar-refractivity contribution >= 4 is 10.9 Å². The van der Waals surface area contributed by atoms with Gasteiger partial charge in [0, 0.05) is 11.6 Å². The van der Waals surface area contributed by atoms with E-state index in [-0.39, 0.29) is 6.10 Å². The highest BCUT2D eigenvalue weighted by Gasteiger charge is 2.26. The standard InChI is InChI=1S/C18H20N2O/c1-2-13-7-3-6-10-17(13)21-18-14(11-19)12-20-16-9-5-4-8-15(16)18/h4-5,8-9,12-13,17H,2-3,6-7,10H2,1H3. The fraction of sp³-hybridized carbons (Fsp3) is 0.444. The van der Waals surface area contributed by atoms with Crippen LogP contribution in [0.2, 0.25) is 0 Å². The van der Waals surface area contributed by atoms with Gasteiger partial charge in [-0.15, -0.1) is 0 Å². The molecule has 1 aromatic heterocycles. The number of ether oxygens (including phenoxy) is 1. The molecule has 0 saturated heterocycles. The van der Waals surface area contributed by atoms with Crippen LogP contribution in [0, 0.1) is 17.2 Å². The fourth-order valence-electron chi connectivity index (χ4n) is 3.27. The van der Waals surface area contributed by atoms with Crippen LogP contribution in [-0.4, -0.2) is 11.1 Å². The molecule has 0 amide bonds. The van der Waals surface area contributed by atoms with E-state index in [1.807, 2.05) is 24.3 Å². The van der Waals surface area contributed by atoms with Gasteiger partial charge in [0.1, 0.15) is 23.5 Å². The van der Waals surface area contributed by atoms with Crippen LogP contribution >= 0.6 is 0 Å². The zero-order chi connectivity index (χ0) is 14.7. The molecule has 1 heterocycles. The highest BCUT2D eigenvalue weighted by molar-refractivity contribution is 5.87. The maximum Gasteiger partial charge on any atom is 0.148 e. The van der Waals surface area contributed by atoms with Crippen molar-refractivity contribution in [2.75, 3.05) is 0 Å². The van der Waals surface area contributed by atoms with Gasteiger partial charge in [-0.3, -0.25) is 4.98 Å². The normalized spacial score (nSPS) is 21.9. The van der Waals surface area contributed by atoms with E-state index < -0.39 is 0 Å². The minimum atomic E-state index is 0.224. The van der Waals surface area contributed by atoms with E-state index in [1.54, 1.807) is 6.20 Å². The topological polar surface area (TPSA) is 45.9 Å². The number of aromatic nitrogens is 1. The van der Waals surface area contributed by atoms with E-state index in [1.165, 1.54) is 19.3 Å². The molecule has 2 unspecified atom stereocenters. The molecule has 1 fully saturated rings. The zero-order valence-electron chi connectivity index (χ0n) is 12.4. The lowest BCUT2D eigenvalue weighted by atomic mass is 9.84. The third kappa shape index (κ3) is 2.71. The van der Waals surface area contributed by atoms with Gasteiger partial charge in [-0.2, -0.15) is 5.26 Å². The first-order valence-electron chi connectivity index (χ1n) is 7.78. The molecule has 3 rings (SSSR count). The third-order valence-electron chi connectivity index (χ3n) is 4.48. The molecule has 108 valence electrons. The van der Waals surface area contributed by atoms with Crippen LogP contribution in [-0.2, 0) is 0 Å². The van der Waals surface area contributed by atoms with E-state index >= 15 is 0 Å². The van der Waals surface area contributed by atoms with Gasteiger partial charge in [0.25, 0.3) is 0 Å². The molecule has 3 nitrogen and oxygen atoms in total. The molecule has 2 aromatic rings. The Bertz CT molecular complexity index is 674. The molecule has 0 radical (unpaired) electrons. The number of hydrogen-bond donors (Lipinski definition) is 0. The van der Waals surface area contributed by atoms with Crippen LogP contribution < -0.4 is 4.74 Å². The second-order valence-electron chi connectivity index (χ2n) is 5.74. The summed E-state index contributed by atoms with van der Waals surface area (Å²) in [6.07, 6.45) is 7.80. The third-order valence-corrected chi connectivity index (χ3v) is 4.48. The molecule has 0 bridgehead atoms. The average molecular weight is 280 g/mol. The summed E-state index contributed by atoms with van der Waals surface area (Å²) in [4.78, 5) is 4.34. The molecule has 1 aliphatic carbocycles. The van der Waals surface area contributed by atoms with Gasteiger partial charge < -0.3 is 4.74 Å². The first kappa shape index (κ1) is 13.9. The van der Waals surface area contributed by atoms with Gasteiger partial charge in [0.05, 0.1) is 5.52 Å². The maximum atomic E-state index is 9.36. The summed E-state index contributed by atoms with van der Waals surface area (Å²) in [5.41, 5.74) is 1.42. The van der Waals surface area contributed by atoms with Gasteiger partial charge in [-0.1, -0.05) is 25.5 Å². The summed E-state index contributed by atoms with van der Waals surface area (Å²) >= 11 is 0. The summed E-state index contributed by atoms with van der Waals surface area (Å²) in [7, 11) is 0. The van der Waals surface area contributed by atoms with Crippen LogP contribution in [0.3, 0.4) is 0 Å². The Morgan fingerprint density at radius 2 is 2.10 bits per heavy atom. The molecule has 2 atom stereocenters. The van der Waals surface area contributed by atoms with Crippen LogP contribution in [0.15, 0.2) is 30.5 Å². The van der Waals surface area contributed by atoms with Crippen molar-refractivity contribution in [3.05, 3.63) is 36.0 Å². The number of nitriles is 1. The van der Waals surface area contributed by atoms with Crippen molar-refractivity contribution in [3.8, 4) is 11.8 Å². The predicted molar refractivity (Wildman–Crippen MR) is 83.1 cm³/mol. The first-order valence-corrected chi connectivity index (χ1v) is 7.78. The van der Waals surface area contributed by atoms with Crippen molar-refractivity contribution in [2.45, 2.75) is 45.1 Å². The summed E-state index contributed by atoms with van der Waals surface area (Å²) < 4.78 is 6.33. The Morgan fingerprint density at radius 1 is 1.29 bits per heavy atom. The molecule has 0 N–H and O–H groups in total. The molecular weight excluding hydrogens is 260 g/mol. The van der Waals surface area contributed by atoms with Gasteiger partial charge in [-0.25, -0.2) is 0 Å². The van der Waals surface area contributed by atoms with Crippen LogP contribution in [0.1, 0.15) is 44.6 Å². The Hall–Kier alpha value is -2.08. The molecule has 1 aliphatic rings. The van der Waals surface area contributed by atoms with E-state index in [9.17, 15) is 5.26 Å². The molecule has 3 heteroatoms. The predicted octanol–water partition coefficient (Wildman–Crippen LogP) is 4.45.